The number of methoxy groups -OCH3 is 1. The molecule has 0 radical (unpaired) electrons. The molecule has 0 saturated heterocycles. The van der Waals surface area contributed by atoms with Crippen molar-refractivity contribution in [2.24, 2.45) is 4.99 Å². The Hall–Kier alpha value is -4.53. The first-order valence-corrected chi connectivity index (χ1v) is 9.58. The highest BCUT2D eigenvalue weighted by atomic mass is 16.5. The number of aromatic amines is 1. The minimum atomic E-state index is -0.749. The molecule has 2 aromatic carbocycles. The number of aliphatic imine (C=N–C) groups is 1. The van der Waals surface area contributed by atoms with Gasteiger partial charge in [-0.15, -0.1) is 0 Å². The summed E-state index contributed by atoms with van der Waals surface area (Å²) in [6.45, 7) is -0.0350. The summed E-state index contributed by atoms with van der Waals surface area (Å²) in [6, 6.07) is 17.3. The molecule has 2 N–H and O–H groups in total. The third kappa shape index (κ3) is 4.62. The highest BCUT2D eigenvalue weighted by Gasteiger charge is 2.14. The Morgan fingerprint density at radius 1 is 1.03 bits per heavy atom. The largest absolute Gasteiger partial charge is 0.497 e. The molecule has 0 aliphatic rings. The minimum Gasteiger partial charge on any atom is -0.497 e. The fourth-order valence-corrected chi connectivity index (χ4v) is 2.92. The molecule has 9 heteroatoms. The van der Waals surface area contributed by atoms with E-state index in [1.165, 1.54) is 12.5 Å². The normalized spacial score (nSPS) is 11.0. The molecule has 0 spiro atoms. The summed E-state index contributed by atoms with van der Waals surface area (Å²) in [4.78, 5) is 30.6. The van der Waals surface area contributed by atoms with Gasteiger partial charge in [-0.3, -0.25) is 19.3 Å². The first-order valence-electron chi connectivity index (χ1n) is 9.58. The van der Waals surface area contributed by atoms with Gasteiger partial charge in [-0.2, -0.15) is 0 Å². The topological polar surface area (TPSA) is 119 Å². The van der Waals surface area contributed by atoms with Gasteiger partial charge in [0.25, 0.3) is 5.56 Å². The second-order valence-corrected chi connectivity index (χ2v) is 6.69. The maximum absolute atomic E-state index is 12.2. The maximum atomic E-state index is 12.2. The van der Waals surface area contributed by atoms with E-state index >= 15 is 0 Å². The predicted octanol–water partition coefficient (Wildman–Crippen LogP) is 3.44. The van der Waals surface area contributed by atoms with Crippen LogP contribution in [0.2, 0.25) is 0 Å². The Balaban J connectivity index is 1.52. The summed E-state index contributed by atoms with van der Waals surface area (Å²) < 4.78 is 17.1. The van der Waals surface area contributed by atoms with Crippen LogP contribution in [0.4, 0.5) is 5.69 Å². The summed E-state index contributed by atoms with van der Waals surface area (Å²) in [5, 5.41) is 10.5. The molecule has 0 amide bonds. The summed E-state index contributed by atoms with van der Waals surface area (Å²) in [5.41, 5.74) is -1.11. The van der Waals surface area contributed by atoms with Crippen molar-refractivity contribution < 1.29 is 19.0 Å². The van der Waals surface area contributed by atoms with Crippen molar-refractivity contribution in [1.29, 1.82) is 0 Å². The van der Waals surface area contributed by atoms with Crippen LogP contribution >= 0.6 is 0 Å². The molecule has 0 bridgehead atoms. The van der Waals surface area contributed by atoms with Gasteiger partial charge in [0.05, 0.1) is 25.6 Å². The SMILES string of the molecule is COc1ccc(Oc2ccc(N=Cc3c(O)n(Cc4ccco4)c(=O)[nH]c3=O)cc2)cc1. The highest BCUT2D eigenvalue weighted by molar-refractivity contribution is 5.84. The molecule has 4 rings (SSSR count). The quantitative estimate of drug-likeness (QED) is 0.431. The fourth-order valence-electron chi connectivity index (χ4n) is 2.92. The molecule has 0 atom stereocenters. The Morgan fingerprint density at radius 3 is 2.31 bits per heavy atom. The number of furan rings is 1. The van der Waals surface area contributed by atoms with Crippen LogP contribution in [0.3, 0.4) is 0 Å². The van der Waals surface area contributed by atoms with Gasteiger partial charge in [0.2, 0.25) is 5.88 Å². The Labute approximate surface area is 181 Å². The number of ether oxygens (including phenoxy) is 2. The van der Waals surface area contributed by atoms with Crippen molar-refractivity contribution in [3.8, 4) is 23.1 Å². The van der Waals surface area contributed by atoms with Crippen LogP contribution in [0, 0.1) is 0 Å². The average Bonchev–Trinajstić information content (AvgIpc) is 3.31. The summed E-state index contributed by atoms with van der Waals surface area (Å²) >= 11 is 0. The van der Waals surface area contributed by atoms with Gasteiger partial charge in [0.1, 0.15) is 28.6 Å². The second-order valence-electron chi connectivity index (χ2n) is 6.69. The number of aromatic hydroxyl groups is 1. The van der Waals surface area contributed by atoms with Gasteiger partial charge in [0.15, 0.2) is 0 Å². The summed E-state index contributed by atoms with van der Waals surface area (Å²) in [6.07, 6.45) is 2.65. The third-order valence-electron chi connectivity index (χ3n) is 4.58. The van der Waals surface area contributed by atoms with E-state index in [1.54, 1.807) is 67.8 Å². The molecule has 0 unspecified atom stereocenters. The van der Waals surface area contributed by atoms with Gasteiger partial charge in [0, 0.05) is 6.21 Å². The monoisotopic (exact) mass is 433 g/mol. The van der Waals surface area contributed by atoms with E-state index in [4.69, 9.17) is 13.9 Å². The fraction of sp³-hybridized carbons (Fsp3) is 0.0870. The standard InChI is InChI=1S/C23H19N3O6/c1-30-16-8-10-18(11-9-16)32-17-6-4-15(5-7-17)24-13-20-21(27)25-23(29)26(22(20)28)14-19-3-2-12-31-19/h2-13,28H,14H2,1H3,(H,25,27,29). The van der Waals surface area contributed by atoms with Crippen LogP contribution in [-0.2, 0) is 6.54 Å². The van der Waals surface area contributed by atoms with Crippen LogP contribution in [-0.4, -0.2) is 28.0 Å². The number of aromatic nitrogens is 2. The number of hydrogen-bond donors (Lipinski definition) is 2. The minimum absolute atomic E-state index is 0.0350. The van der Waals surface area contributed by atoms with E-state index in [2.05, 4.69) is 9.98 Å². The molecule has 9 nitrogen and oxygen atoms in total. The number of benzene rings is 2. The lowest BCUT2D eigenvalue weighted by atomic mass is 10.3. The molecule has 0 aliphatic carbocycles. The number of H-pyrrole nitrogens is 1. The highest BCUT2D eigenvalue weighted by Crippen LogP contribution is 2.25. The van der Waals surface area contributed by atoms with E-state index in [1.807, 2.05) is 0 Å². The molecule has 2 heterocycles. The van der Waals surface area contributed by atoms with E-state index in [0.29, 0.717) is 22.9 Å². The summed E-state index contributed by atoms with van der Waals surface area (Å²) in [7, 11) is 1.59. The zero-order valence-corrected chi connectivity index (χ0v) is 17.0. The van der Waals surface area contributed by atoms with Crippen LogP contribution in [0.5, 0.6) is 23.1 Å². The number of nitrogens with zero attached hydrogens (tertiary/aromatic N) is 2. The molecular weight excluding hydrogens is 414 g/mol. The molecule has 0 saturated carbocycles. The van der Waals surface area contributed by atoms with Crippen LogP contribution < -0.4 is 20.7 Å². The predicted molar refractivity (Wildman–Crippen MR) is 118 cm³/mol. The van der Waals surface area contributed by atoms with Crippen molar-refractivity contribution in [1.82, 2.24) is 9.55 Å². The molecule has 162 valence electrons. The molecule has 4 aromatic rings. The second kappa shape index (κ2) is 9.09. The van der Waals surface area contributed by atoms with Crippen molar-refractivity contribution in [2.45, 2.75) is 6.54 Å². The van der Waals surface area contributed by atoms with Gasteiger partial charge < -0.3 is 19.0 Å². The third-order valence-corrected chi connectivity index (χ3v) is 4.58. The summed E-state index contributed by atoms with van der Waals surface area (Å²) in [5.74, 6) is 1.93. The Bertz CT molecular complexity index is 1330. The number of hydrogen-bond acceptors (Lipinski definition) is 7. The van der Waals surface area contributed by atoms with Gasteiger partial charge >= 0.3 is 5.69 Å². The van der Waals surface area contributed by atoms with Crippen LogP contribution in [0.25, 0.3) is 0 Å². The van der Waals surface area contributed by atoms with Crippen molar-refractivity contribution in [2.75, 3.05) is 7.11 Å². The lowest BCUT2D eigenvalue weighted by Crippen LogP contribution is -2.32. The Kier molecular flexibility index (Phi) is 5.89. The van der Waals surface area contributed by atoms with Crippen molar-refractivity contribution >= 4 is 11.9 Å². The van der Waals surface area contributed by atoms with Gasteiger partial charge in [-0.05, 0) is 60.7 Å². The van der Waals surface area contributed by atoms with Gasteiger partial charge in [-0.25, -0.2) is 4.79 Å². The van der Waals surface area contributed by atoms with E-state index in [-0.39, 0.29) is 12.1 Å². The van der Waals surface area contributed by atoms with Crippen molar-refractivity contribution in [3.05, 3.63) is 99.1 Å². The Morgan fingerprint density at radius 2 is 1.69 bits per heavy atom. The first-order chi connectivity index (χ1) is 15.5. The molecule has 0 aliphatic heterocycles. The van der Waals surface area contributed by atoms with E-state index in [0.717, 1.165) is 10.3 Å². The maximum Gasteiger partial charge on any atom is 0.331 e. The van der Waals surface area contributed by atoms with Gasteiger partial charge in [-0.1, -0.05) is 0 Å². The molecule has 0 fully saturated rings. The van der Waals surface area contributed by atoms with Crippen LogP contribution in [0.15, 0.2) is 85.9 Å². The smallest absolute Gasteiger partial charge is 0.331 e. The van der Waals surface area contributed by atoms with Crippen LogP contribution in [0.1, 0.15) is 11.3 Å². The van der Waals surface area contributed by atoms with E-state index < -0.39 is 17.1 Å². The zero-order valence-electron chi connectivity index (χ0n) is 17.0. The zero-order chi connectivity index (χ0) is 22.5. The molecular formula is C23H19N3O6. The molecule has 2 aromatic heterocycles. The average molecular weight is 433 g/mol. The lowest BCUT2D eigenvalue weighted by molar-refractivity contribution is 0.392. The van der Waals surface area contributed by atoms with Crippen molar-refractivity contribution in [3.63, 3.8) is 0 Å². The van der Waals surface area contributed by atoms with E-state index in [9.17, 15) is 14.7 Å². The lowest BCUT2D eigenvalue weighted by Gasteiger charge is -2.08. The first kappa shape index (κ1) is 20.7. The number of rotatable bonds is 7. The molecule has 32 heavy (non-hydrogen) atoms. The number of nitrogens with one attached hydrogen (secondary N) is 1.